The van der Waals surface area contributed by atoms with Gasteiger partial charge >= 0.3 is 5.97 Å². The Morgan fingerprint density at radius 1 is 0.519 bits per heavy atom. The van der Waals surface area contributed by atoms with Gasteiger partial charge in [-0.2, -0.15) is 0 Å². The summed E-state index contributed by atoms with van der Waals surface area (Å²) >= 11 is 0. The average Bonchev–Trinajstić information content (AvgIpc) is 3.16. The molecular formula is C48H91NO5. The second kappa shape index (κ2) is 42.5. The lowest BCUT2D eigenvalue weighted by Crippen LogP contribution is -2.46. The molecule has 0 bridgehead atoms. The van der Waals surface area contributed by atoms with Crippen LogP contribution < -0.4 is 5.32 Å². The lowest BCUT2D eigenvalue weighted by molar-refractivity contribution is -0.151. The number of rotatable bonds is 42. The Labute approximate surface area is 335 Å². The van der Waals surface area contributed by atoms with Crippen LogP contribution in [0.4, 0.5) is 0 Å². The maximum atomic E-state index is 13.1. The Morgan fingerprint density at radius 2 is 0.907 bits per heavy atom. The molecule has 6 nitrogen and oxygen atoms in total. The monoisotopic (exact) mass is 762 g/mol. The van der Waals surface area contributed by atoms with Crippen LogP contribution in [0.3, 0.4) is 0 Å². The molecule has 0 aliphatic rings. The first-order chi connectivity index (χ1) is 26.5. The summed E-state index contributed by atoms with van der Waals surface area (Å²) < 4.78 is 5.88. The van der Waals surface area contributed by atoms with Crippen molar-refractivity contribution in [1.82, 2.24) is 5.32 Å². The van der Waals surface area contributed by atoms with Crippen molar-refractivity contribution in [3.63, 3.8) is 0 Å². The topological polar surface area (TPSA) is 95.9 Å². The second-order valence-corrected chi connectivity index (χ2v) is 16.2. The van der Waals surface area contributed by atoms with Gasteiger partial charge in [0.2, 0.25) is 5.91 Å². The number of esters is 1. The van der Waals surface area contributed by atoms with E-state index >= 15 is 0 Å². The highest BCUT2D eigenvalue weighted by molar-refractivity contribution is 5.77. The Kier molecular flexibility index (Phi) is 41.2. The summed E-state index contributed by atoms with van der Waals surface area (Å²) in [5, 5.41) is 23.6. The number of nitrogens with one attached hydrogen (secondary N) is 1. The van der Waals surface area contributed by atoms with Gasteiger partial charge in [0.25, 0.3) is 0 Å². The van der Waals surface area contributed by atoms with E-state index in [4.69, 9.17) is 4.74 Å². The molecule has 0 aromatic heterocycles. The molecule has 0 aliphatic carbocycles. The minimum absolute atomic E-state index is 0.0538. The van der Waals surface area contributed by atoms with Crippen LogP contribution in [0.5, 0.6) is 0 Å². The normalized spacial score (nSPS) is 13.5. The Bertz CT molecular complexity index is 858. The van der Waals surface area contributed by atoms with Gasteiger partial charge in [-0.15, -0.1) is 0 Å². The van der Waals surface area contributed by atoms with Crippen LogP contribution in [0.15, 0.2) is 24.3 Å². The standard InChI is InChI=1S/C48H91NO5/c1-4-7-10-13-16-19-21-23-24-26-29-32-35-38-41-48(53)54-44(39-36-33-30-28-25-22-20-17-14-11-8-5-2)42-47(52)49-45(43-50)46(51)40-37-34-31-27-18-15-12-9-6-3/h24,26,28,30,44-46,50-51H,4-23,25,27,29,31-43H2,1-3H3,(H,49,52)/b26-24-,30-28-. The zero-order valence-electron chi connectivity index (χ0n) is 36.1. The molecule has 6 heteroatoms. The molecule has 0 spiro atoms. The zero-order chi connectivity index (χ0) is 39.6. The van der Waals surface area contributed by atoms with Crippen molar-refractivity contribution in [1.29, 1.82) is 0 Å². The molecule has 0 aromatic rings. The van der Waals surface area contributed by atoms with Crippen molar-refractivity contribution < 1.29 is 24.5 Å². The quantitative estimate of drug-likeness (QED) is 0.0327. The van der Waals surface area contributed by atoms with Crippen molar-refractivity contribution in [2.24, 2.45) is 0 Å². The molecule has 54 heavy (non-hydrogen) atoms. The van der Waals surface area contributed by atoms with Crippen molar-refractivity contribution >= 4 is 11.9 Å². The third-order valence-electron chi connectivity index (χ3n) is 10.8. The first kappa shape index (κ1) is 52.3. The predicted octanol–water partition coefficient (Wildman–Crippen LogP) is 13.6. The first-order valence-electron chi connectivity index (χ1n) is 23.6. The number of carbonyl (C=O) groups excluding carboxylic acids is 2. The summed E-state index contributed by atoms with van der Waals surface area (Å²) in [6, 6.07) is -0.706. The molecular weight excluding hydrogens is 671 g/mol. The predicted molar refractivity (Wildman–Crippen MR) is 232 cm³/mol. The molecule has 0 fully saturated rings. The Hall–Kier alpha value is -1.66. The molecule has 0 saturated heterocycles. The van der Waals surface area contributed by atoms with Gasteiger partial charge in [-0.25, -0.2) is 0 Å². The molecule has 0 radical (unpaired) electrons. The minimum Gasteiger partial charge on any atom is -0.462 e. The van der Waals surface area contributed by atoms with E-state index in [1.165, 1.54) is 135 Å². The molecule has 3 N–H and O–H groups in total. The van der Waals surface area contributed by atoms with Gasteiger partial charge in [-0.05, 0) is 70.6 Å². The number of amides is 1. The Morgan fingerprint density at radius 3 is 1.35 bits per heavy atom. The molecule has 3 atom stereocenters. The minimum atomic E-state index is -0.791. The lowest BCUT2D eigenvalue weighted by atomic mass is 10.0. The van der Waals surface area contributed by atoms with E-state index in [0.717, 1.165) is 64.2 Å². The number of allylic oxidation sites excluding steroid dienone is 4. The highest BCUT2D eigenvalue weighted by atomic mass is 16.5. The van der Waals surface area contributed by atoms with Crippen molar-refractivity contribution in [2.75, 3.05) is 6.61 Å². The summed E-state index contributed by atoms with van der Waals surface area (Å²) in [6.45, 7) is 6.44. The fourth-order valence-corrected chi connectivity index (χ4v) is 7.13. The highest BCUT2D eigenvalue weighted by Crippen LogP contribution is 2.16. The van der Waals surface area contributed by atoms with E-state index in [0.29, 0.717) is 19.3 Å². The van der Waals surface area contributed by atoms with Crippen LogP contribution in [0.1, 0.15) is 245 Å². The lowest BCUT2D eigenvalue weighted by Gasteiger charge is -2.24. The van der Waals surface area contributed by atoms with Crippen LogP contribution in [0.25, 0.3) is 0 Å². The summed E-state index contributed by atoms with van der Waals surface area (Å²) in [5.74, 6) is -0.517. The van der Waals surface area contributed by atoms with E-state index in [1.807, 2.05) is 0 Å². The molecule has 0 aromatic carbocycles. The molecule has 1 amide bonds. The van der Waals surface area contributed by atoms with Gasteiger partial charge in [0.05, 0.1) is 25.2 Å². The maximum Gasteiger partial charge on any atom is 0.306 e. The number of aliphatic hydroxyl groups excluding tert-OH is 2. The van der Waals surface area contributed by atoms with E-state index in [1.54, 1.807) is 0 Å². The highest BCUT2D eigenvalue weighted by Gasteiger charge is 2.24. The summed E-state index contributed by atoms with van der Waals surface area (Å²) in [6.07, 6.45) is 46.7. The van der Waals surface area contributed by atoms with Crippen molar-refractivity contribution in [2.45, 2.75) is 264 Å². The van der Waals surface area contributed by atoms with Gasteiger partial charge < -0.3 is 20.3 Å². The van der Waals surface area contributed by atoms with Gasteiger partial charge in [0, 0.05) is 6.42 Å². The van der Waals surface area contributed by atoms with Gasteiger partial charge in [-0.3, -0.25) is 9.59 Å². The van der Waals surface area contributed by atoms with Crippen molar-refractivity contribution in [3.8, 4) is 0 Å². The maximum absolute atomic E-state index is 13.1. The SMILES string of the molecule is CCCCCCCCC/C=C\CCCCCC(=O)OC(CCC/C=C\CCCCCCCCC)CC(=O)NC(CO)C(O)CCCCCCCCCCC. The summed E-state index contributed by atoms with van der Waals surface area (Å²) in [4.78, 5) is 26.0. The summed E-state index contributed by atoms with van der Waals surface area (Å²) in [5.41, 5.74) is 0. The third kappa shape index (κ3) is 37.3. The largest absolute Gasteiger partial charge is 0.462 e. The van der Waals surface area contributed by atoms with E-state index < -0.39 is 18.2 Å². The smallest absolute Gasteiger partial charge is 0.306 e. The molecule has 318 valence electrons. The second-order valence-electron chi connectivity index (χ2n) is 16.2. The Balaban J connectivity index is 4.62. The number of ether oxygens (including phenoxy) is 1. The van der Waals surface area contributed by atoms with Crippen LogP contribution in [0.2, 0.25) is 0 Å². The van der Waals surface area contributed by atoms with Crippen LogP contribution >= 0.6 is 0 Å². The van der Waals surface area contributed by atoms with Gasteiger partial charge in [-0.1, -0.05) is 186 Å². The first-order valence-corrected chi connectivity index (χ1v) is 23.6. The fraction of sp³-hybridized carbons (Fsp3) is 0.875. The fourth-order valence-electron chi connectivity index (χ4n) is 7.13. The molecule has 0 heterocycles. The number of hydrogen-bond acceptors (Lipinski definition) is 5. The van der Waals surface area contributed by atoms with Crippen molar-refractivity contribution in [3.05, 3.63) is 24.3 Å². The molecule has 3 unspecified atom stereocenters. The van der Waals surface area contributed by atoms with E-state index in [-0.39, 0.29) is 24.9 Å². The average molecular weight is 762 g/mol. The molecule has 0 rings (SSSR count). The van der Waals surface area contributed by atoms with Crippen LogP contribution in [-0.4, -0.2) is 46.9 Å². The number of carbonyl (C=O) groups is 2. The molecule has 0 saturated carbocycles. The number of unbranched alkanes of at least 4 members (excludes halogenated alkanes) is 26. The van der Waals surface area contributed by atoms with Gasteiger partial charge in [0.1, 0.15) is 6.10 Å². The number of hydrogen-bond donors (Lipinski definition) is 3. The van der Waals surface area contributed by atoms with Crippen LogP contribution in [0, 0.1) is 0 Å². The van der Waals surface area contributed by atoms with E-state index in [9.17, 15) is 19.8 Å². The number of aliphatic hydroxyl groups is 2. The van der Waals surface area contributed by atoms with Gasteiger partial charge in [0.15, 0.2) is 0 Å². The summed E-state index contributed by atoms with van der Waals surface area (Å²) in [7, 11) is 0. The van der Waals surface area contributed by atoms with E-state index in [2.05, 4.69) is 50.4 Å². The zero-order valence-corrected chi connectivity index (χ0v) is 36.1. The van der Waals surface area contributed by atoms with Crippen LogP contribution in [-0.2, 0) is 14.3 Å². The third-order valence-corrected chi connectivity index (χ3v) is 10.8. The molecule has 0 aliphatic heterocycles.